The monoisotopic (exact) mass is 267 g/mol. The molecule has 1 atom stereocenters. The predicted molar refractivity (Wildman–Crippen MR) is 87.2 cm³/mol. The van der Waals surface area contributed by atoms with Crippen LogP contribution in [0.5, 0.6) is 0 Å². The lowest BCUT2D eigenvalue weighted by molar-refractivity contribution is 0.356. The minimum absolute atomic E-state index is 0.0981. The maximum absolute atomic E-state index is 3.50. The summed E-state index contributed by atoms with van der Waals surface area (Å²) >= 11 is 0. The minimum Gasteiger partial charge on any atom is -0.316 e. The fourth-order valence-corrected chi connectivity index (χ4v) is 2.75. The molecule has 0 radical (unpaired) electrons. The van der Waals surface area contributed by atoms with E-state index in [4.69, 9.17) is 0 Å². The number of likely N-dealkylation sites (N-methyl/N-ethyl adjacent to an activating group) is 1. The Balaban J connectivity index is 2.21. The van der Waals surface area contributed by atoms with Gasteiger partial charge in [-0.1, -0.05) is 74.0 Å². The number of benzene rings is 2. The average Bonchev–Trinajstić information content (AvgIpc) is 2.47. The van der Waals surface area contributed by atoms with Gasteiger partial charge < -0.3 is 5.32 Å². The molecule has 1 nitrogen and oxygen atoms in total. The summed E-state index contributed by atoms with van der Waals surface area (Å²) in [5.74, 6) is 0. The van der Waals surface area contributed by atoms with Crippen LogP contribution in [0.25, 0.3) is 0 Å². The highest BCUT2D eigenvalue weighted by atomic mass is 14.9. The number of hydrogen-bond donors (Lipinski definition) is 1. The van der Waals surface area contributed by atoms with Gasteiger partial charge in [0.2, 0.25) is 0 Å². The number of rotatable bonds is 5. The fraction of sp³-hybridized carbons (Fsp3) is 0.368. The van der Waals surface area contributed by atoms with Crippen molar-refractivity contribution in [2.45, 2.75) is 38.6 Å². The van der Waals surface area contributed by atoms with E-state index in [1.165, 1.54) is 16.7 Å². The number of aryl methyl sites for hydroxylation is 1. The Labute approximate surface area is 123 Å². The van der Waals surface area contributed by atoms with Crippen LogP contribution in [-0.2, 0) is 11.8 Å². The van der Waals surface area contributed by atoms with Gasteiger partial charge in [-0.05, 0) is 31.5 Å². The van der Waals surface area contributed by atoms with E-state index in [0.717, 1.165) is 6.42 Å². The molecule has 0 amide bonds. The van der Waals surface area contributed by atoms with E-state index in [0.29, 0.717) is 6.04 Å². The van der Waals surface area contributed by atoms with Crippen LogP contribution in [0.3, 0.4) is 0 Å². The molecule has 0 aromatic heterocycles. The second-order valence-electron chi connectivity index (χ2n) is 6.12. The van der Waals surface area contributed by atoms with Gasteiger partial charge in [-0.3, -0.25) is 0 Å². The van der Waals surface area contributed by atoms with Crippen LogP contribution in [0, 0.1) is 6.92 Å². The van der Waals surface area contributed by atoms with Crippen LogP contribution in [-0.4, -0.2) is 13.1 Å². The van der Waals surface area contributed by atoms with Gasteiger partial charge in [-0.15, -0.1) is 0 Å². The lowest BCUT2D eigenvalue weighted by Gasteiger charge is -2.35. The lowest BCUT2D eigenvalue weighted by Crippen LogP contribution is -2.44. The van der Waals surface area contributed by atoms with Gasteiger partial charge in [0, 0.05) is 11.5 Å². The van der Waals surface area contributed by atoms with E-state index in [1.54, 1.807) is 0 Å². The average molecular weight is 267 g/mol. The highest BCUT2D eigenvalue weighted by Gasteiger charge is 2.30. The molecule has 0 spiro atoms. The zero-order valence-electron chi connectivity index (χ0n) is 13.0. The van der Waals surface area contributed by atoms with Crippen molar-refractivity contribution in [3.8, 4) is 0 Å². The maximum atomic E-state index is 3.50. The Morgan fingerprint density at radius 3 is 2.10 bits per heavy atom. The number of hydrogen-bond acceptors (Lipinski definition) is 1. The SMILES string of the molecule is CNC(Cc1ccc(C)cc1)C(C)(C)c1ccccc1. The second-order valence-corrected chi connectivity index (χ2v) is 6.12. The van der Waals surface area contributed by atoms with Crippen LogP contribution in [0.4, 0.5) is 0 Å². The second kappa shape index (κ2) is 6.23. The zero-order chi connectivity index (χ0) is 14.6. The maximum Gasteiger partial charge on any atom is 0.0196 e. The molecule has 0 aliphatic heterocycles. The van der Waals surface area contributed by atoms with Crippen LogP contribution in [0.2, 0.25) is 0 Å². The van der Waals surface area contributed by atoms with E-state index in [-0.39, 0.29) is 5.41 Å². The van der Waals surface area contributed by atoms with Gasteiger partial charge in [-0.2, -0.15) is 0 Å². The molecule has 0 fully saturated rings. The third-order valence-corrected chi connectivity index (χ3v) is 4.30. The third kappa shape index (κ3) is 3.29. The first-order valence-electron chi connectivity index (χ1n) is 7.32. The lowest BCUT2D eigenvalue weighted by atomic mass is 9.75. The molecule has 0 bridgehead atoms. The summed E-state index contributed by atoms with van der Waals surface area (Å²) in [6, 6.07) is 20.0. The molecule has 1 N–H and O–H groups in total. The molecular formula is C19H25N. The highest BCUT2D eigenvalue weighted by Crippen LogP contribution is 2.28. The quantitative estimate of drug-likeness (QED) is 0.860. The molecule has 1 unspecified atom stereocenters. The summed E-state index contributed by atoms with van der Waals surface area (Å²) in [5, 5.41) is 3.50. The first kappa shape index (κ1) is 14.8. The largest absolute Gasteiger partial charge is 0.316 e. The summed E-state index contributed by atoms with van der Waals surface area (Å²) in [6.45, 7) is 6.77. The van der Waals surface area contributed by atoms with E-state index >= 15 is 0 Å². The van der Waals surface area contributed by atoms with E-state index in [2.05, 4.69) is 87.7 Å². The summed E-state index contributed by atoms with van der Waals surface area (Å²) in [7, 11) is 2.06. The fourth-order valence-electron chi connectivity index (χ4n) is 2.75. The Hall–Kier alpha value is -1.60. The van der Waals surface area contributed by atoms with E-state index < -0.39 is 0 Å². The molecule has 0 aliphatic rings. The Bertz CT molecular complexity index is 525. The molecule has 0 aliphatic carbocycles. The summed E-state index contributed by atoms with van der Waals surface area (Å²) in [6.07, 6.45) is 1.04. The molecule has 0 heterocycles. The highest BCUT2D eigenvalue weighted by molar-refractivity contribution is 5.28. The van der Waals surface area contributed by atoms with Gasteiger partial charge in [0.05, 0.1) is 0 Å². The van der Waals surface area contributed by atoms with Crippen molar-refractivity contribution in [1.29, 1.82) is 0 Å². The van der Waals surface area contributed by atoms with Crippen LogP contribution < -0.4 is 5.32 Å². The van der Waals surface area contributed by atoms with Crippen molar-refractivity contribution in [3.05, 3.63) is 71.3 Å². The molecule has 0 saturated heterocycles. The van der Waals surface area contributed by atoms with Gasteiger partial charge in [0.25, 0.3) is 0 Å². The molecule has 2 aromatic rings. The van der Waals surface area contributed by atoms with Crippen molar-refractivity contribution in [2.75, 3.05) is 7.05 Å². The van der Waals surface area contributed by atoms with Crippen molar-refractivity contribution in [3.63, 3.8) is 0 Å². The van der Waals surface area contributed by atoms with Crippen LogP contribution in [0.1, 0.15) is 30.5 Å². The van der Waals surface area contributed by atoms with Gasteiger partial charge in [0.1, 0.15) is 0 Å². The van der Waals surface area contributed by atoms with Crippen molar-refractivity contribution in [1.82, 2.24) is 5.32 Å². The summed E-state index contributed by atoms with van der Waals surface area (Å²) < 4.78 is 0. The molecule has 2 aromatic carbocycles. The summed E-state index contributed by atoms with van der Waals surface area (Å²) in [5.41, 5.74) is 4.18. The van der Waals surface area contributed by atoms with E-state index in [9.17, 15) is 0 Å². The van der Waals surface area contributed by atoms with Gasteiger partial charge in [-0.25, -0.2) is 0 Å². The van der Waals surface area contributed by atoms with Crippen molar-refractivity contribution < 1.29 is 0 Å². The summed E-state index contributed by atoms with van der Waals surface area (Å²) in [4.78, 5) is 0. The van der Waals surface area contributed by atoms with Crippen molar-refractivity contribution in [2.24, 2.45) is 0 Å². The molecule has 2 rings (SSSR count). The van der Waals surface area contributed by atoms with Crippen molar-refractivity contribution >= 4 is 0 Å². The Morgan fingerprint density at radius 1 is 0.950 bits per heavy atom. The topological polar surface area (TPSA) is 12.0 Å². The van der Waals surface area contributed by atoms with Gasteiger partial charge >= 0.3 is 0 Å². The smallest absolute Gasteiger partial charge is 0.0196 e. The molecular weight excluding hydrogens is 242 g/mol. The first-order chi connectivity index (χ1) is 9.54. The zero-order valence-corrected chi connectivity index (χ0v) is 13.0. The van der Waals surface area contributed by atoms with E-state index in [1.807, 2.05) is 0 Å². The Kier molecular flexibility index (Phi) is 4.61. The number of nitrogens with one attached hydrogen (secondary N) is 1. The first-order valence-corrected chi connectivity index (χ1v) is 7.32. The molecule has 20 heavy (non-hydrogen) atoms. The Morgan fingerprint density at radius 2 is 1.55 bits per heavy atom. The molecule has 0 saturated carbocycles. The standard InChI is InChI=1S/C19H25N/c1-15-10-12-16(13-11-15)14-18(20-4)19(2,3)17-8-6-5-7-9-17/h5-13,18,20H,14H2,1-4H3. The predicted octanol–water partition coefficient (Wildman–Crippen LogP) is 4.10. The minimum atomic E-state index is 0.0981. The molecule has 1 heteroatoms. The normalized spacial score (nSPS) is 13.2. The molecule has 106 valence electrons. The van der Waals surface area contributed by atoms with Crippen LogP contribution in [0.15, 0.2) is 54.6 Å². The third-order valence-electron chi connectivity index (χ3n) is 4.30. The van der Waals surface area contributed by atoms with Gasteiger partial charge in [0.15, 0.2) is 0 Å². The van der Waals surface area contributed by atoms with Crippen LogP contribution >= 0.6 is 0 Å².